The van der Waals surface area contributed by atoms with Crippen molar-refractivity contribution in [1.29, 1.82) is 0 Å². The first-order chi connectivity index (χ1) is 11.9. The van der Waals surface area contributed by atoms with E-state index in [1.165, 1.54) is 16.7 Å². The summed E-state index contributed by atoms with van der Waals surface area (Å²) in [5.41, 5.74) is 0.640. The summed E-state index contributed by atoms with van der Waals surface area (Å²) in [6.07, 6.45) is -0.161. The van der Waals surface area contributed by atoms with Crippen LogP contribution in [0.15, 0.2) is 23.1 Å². The highest BCUT2D eigenvalue weighted by Crippen LogP contribution is 2.38. The van der Waals surface area contributed by atoms with E-state index < -0.39 is 17.3 Å². The number of amides is 2. The number of hydrogen-bond donors (Lipinski definition) is 2. The fraction of sp³-hybridized carbons (Fsp3) is 0.438. The van der Waals surface area contributed by atoms with Crippen LogP contribution in [0.5, 0.6) is 0 Å². The van der Waals surface area contributed by atoms with E-state index in [-0.39, 0.29) is 31.3 Å². The zero-order valence-electron chi connectivity index (χ0n) is 13.2. The molecular weight excluding hydrogens is 368 g/mol. The van der Waals surface area contributed by atoms with Crippen LogP contribution in [-0.4, -0.2) is 58.8 Å². The SMILES string of the molecule is O=C(O)CC1COCCN1C(=O)CC1Sc2ccc(Cl)cc2NC1=O. The predicted octanol–water partition coefficient (Wildman–Crippen LogP) is 1.84. The zero-order chi connectivity index (χ0) is 18.0. The Bertz CT molecular complexity index is 714. The van der Waals surface area contributed by atoms with Gasteiger partial charge in [0.25, 0.3) is 0 Å². The smallest absolute Gasteiger partial charge is 0.305 e. The Morgan fingerprint density at radius 3 is 2.96 bits per heavy atom. The lowest BCUT2D eigenvalue weighted by Crippen LogP contribution is -2.50. The van der Waals surface area contributed by atoms with Gasteiger partial charge in [0.15, 0.2) is 0 Å². The summed E-state index contributed by atoms with van der Waals surface area (Å²) in [5, 5.41) is 11.7. The number of nitrogens with zero attached hydrogens (tertiary/aromatic N) is 1. The molecule has 1 aromatic rings. The van der Waals surface area contributed by atoms with Gasteiger partial charge in [0.05, 0.1) is 36.6 Å². The van der Waals surface area contributed by atoms with Crippen molar-refractivity contribution in [1.82, 2.24) is 4.90 Å². The van der Waals surface area contributed by atoms with E-state index in [4.69, 9.17) is 21.4 Å². The number of ether oxygens (including phenoxy) is 1. The number of fused-ring (bicyclic) bond motifs is 1. The molecular formula is C16H17ClN2O5S. The first kappa shape index (κ1) is 18.0. The van der Waals surface area contributed by atoms with E-state index >= 15 is 0 Å². The van der Waals surface area contributed by atoms with Crippen molar-refractivity contribution >= 4 is 46.8 Å². The fourth-order valence-electron chi connectivity index (χ4n) is 2.89. The monoisotopic (exact) mass is 384 g/mol. The Morgan fingerprint density at radius 1 is 1.40 bits per heavy atom. The Kier molecular flexibility index (Phi) is 5.51. The maximum atomic E-state index is 12.6. The van der Waals surface area contributed by atoms with Crippen molar-refractivity contribution < 1.29 is 24.2 Å². The second-order valence-corrected chi connectivity index (χ2v) is 7.54. The first-order valence-corrected chi connectivity index (χ1v) is 9.06. The molecule has 2 N–H and O–H groups in total. The van der Waals surface area contributed by atoms with Gasteiger partial charge in [-0.2, -0.15) is 0 Å². The van der Waals surface area contributed by atoms with Gasteiger partial charge in [0.2, 0.25) is 11.8 Å². The second-order valence-electron chi connectivity index (χ2n) is 5.85. The minimum absolute atomic E-state index is 0.00862. The van der Waals surface area contributed by atoms with Gasteiger partial charge in [0, 0.05) is 22.9 Å². The molecule has 2 unspecified atom stereocenters. The van der Waals surface area contributed by atoms with Crippen LogP contribution in [0.2, 0.25) is 5.02 Å². The molecule has 0 saturated carbocycles. The number of halogens is 1. The average Bonchev–Trinajstić information content (AvgIpc) is 2.55. The number of carbonyl (C=O) groups excluding carboxylic acids is 2. The molecule has 1 saturated heterocycles. The van der Waals surface area contributed by atoms with Crippen molar-refractivity contribution in [3.8, 4) is 0 Å². The largest absolute Gasteiger partial charge is 0.481 e. The van der Waals surface area contributed by atoms with Crippen molar-refractivity contribution in [2.24, 2.45) is 0 Å². The Morgan fingerprint density at radius 2 is 2.20 bits per heavy atom. The molecule has 0 radical (unpaired) electrons. The molecule has 0 bridgehead atoms. The average molecular weight is 385 g/mol. The topological polar surface area (TPSA) is 95.9 Å². The summed E-state index contributed by atoms with van der Waals surface area (Å²) in [5.74, 6) is -1.47. The molecule has 1 aromatic carbocycles. The van der Waals surface area contributed by atoms with Crippen LogP contribution in [-0.2, 0) is 19.1 Å². The van der Waals surface area contributed by atoms with Gasteiger partial charge in [-0.15, -0.1) is 11.8 Å². The van der Waals surface area contributed by atoms with Gasteiger partial charge >= 0.3 is 5.97 Å². The number of aliphatic carboxylic acids is 1. The van der Waals surface area contributed by atoms with E-state index in [0.717, 1.165) is 4.90 Å². The van der Waals surface area contributed by atoms with E-state index in [0.29, 0.717) is 23.9 Å². The molecule has 25 heavy (non-hydrogen) atoms. The Labute approximate surface area is 153 Å². The number of carboxylic acid groups (broad SMARTS) is 1. The second kappa shape index (κ2) is 7.63. The number of rotatable bonds is 4. The van der Waals surface area contributed by atoms with Crippen LogP contribution in [0.4, 0.5) is 5.69 Å². The maximum absolute atomic E-state index is 12.6. The highest BCUT2D eigenvalue weighted by molar-refractivity contribution is 8.01. The van der Waals surface area contributed by atoms with Crippen molar-refractivity contribution in [2.75, 3.05) is 25.1 Å². The van der Waals surface area contributed by atoms with Gasteiger partial charge < -0.3 is 20.1 Å². The lowest BCUT2D eigenvalue weighted by Gasteiger charge is -2.36. The molecule has 2 heterocycles. The van der Waals surface area contributed by atoms with Crippen molar-refractivity contribution in [3.63, 3.8) is 0 Å². The van der Waals surface area contributed by atoms with E-state index in [1.807, 2.05) is 0 Å². The molecule has 7 nitrogen and oxygen atoms in total. The van der Waals surface area contributed by atoms with Crippen LogP contribution in [0, 0.1) is 0 Å². The van der Waals surface area contributed by atoms with Gasteiger partial charge in [0.1, 0.15) is 0 Å². The van der Waals surface area contributed by atoms with Gasteiger partial charge in [-0.3, -0.25) is 14.4 Å². The Hall–Kier alpha value is -1.77. The third kappa shape index (κ3) is 4.26. The fourth-order valence-corrected chi connectivity index (χ4v) is 4.14. The van der Waals surface area contributed by atoms with E-state index in [2.05, 4.69) is 5.32 Å². The molecule has 2 atom stereocenters. The van der Waals surface area contributed by atoms with Crippen LogP contribution in [0.3, 0.4) is 0 Å². The Balaban J connectivity index is 1.68. The number of benzene rings is 1. The number of carboxylic acids is 1. The third-order valence-electron chi connectivity index (χ3n) is 4.08. The van der Waals surface area contributed by atoms with Crippen LogP contribution < -0.4 is 5.32 Å². The minimum atomic E-state index is -0.983. The lowest BCUT2D eigenvalue weighted by molar-refractivity contribution is -0.146. The summed E-state index contributed by atoms with van der Waals surface area (Å²) < 4.78 is 5.28. The lowest BCUT2D eigenvalue weighted by atomic mass is 10.1. The quantitative estimate of drug-likeness (QED) is 0.822. The summed E-state index contributed by atoms with van der Waals surface area (Å²) in [6, 6.07) is 4.71. The number of anilines is 1. The van der Waals surface area contributed by atoms with E-state index in [9.17, 15) is 14.4 Å². The highest BCUT2D eigenvalue weighted by Gasteiger charge is 2.34. The molecule has 2 amide bonds. The van der Waals surface area contributed by atoms with Crippen LogP contribution in [0.1, 0.15) is 12.8 Å². The molecule has 2 aliphatic rings. The summed E-state index contributed by atoms with van der Waals surface area (Å²) in [4.78, 5) is 38.3. The highest BCUT2D eigenvalue weighted by atomic mass is 35.5. The molecule has 0 aliphatic carbocycles. The third-order valence-corrected chi connectivity index (χ3v) is 5.59. The normalized spacial score (nSPS) is 22.9. The summed E-state index contributed by atoms with van der Waals surface area (Å²) in [6.45, 7) is 0.901. The molecule has 134 valence electrons. The van der Waals surface area contributed by atoms with Gasteiger partial charge in [-0.1, -0.05) is 11.6 Å². The summed E-state index contributed by atoms with van der Waals surface area (Å²) in [7, 11) is 0. The first-order valence-electron chi connectivity index (χ1n) is 7.80. The van der Waals surface area contributed by atoms with E-state index in [1.54, 1.807) is 18.2 Å². The predicted molar refractivity (Wildman–Crippen MR) is 92.9 cm³/mol. The summed E-state index contributed by atoms with van der Waals surface area (Å²) >= 11 is 7.24. The molecule has 3 rings (SSSR count). The number of hydrogen-bond acceptors (Lipinski definition) is 5. The molecule has 2 aliphatic heterocycles. The number of nitrogens with one attached hydrogen (secondary N) is 1. The van der Waals surface area contributed by atoms with Crippen molar-refractivity contribution in [2.45, 2.75) is 29.0 Å². The number of thioether (sulfide) groups is 1. The minimum Gasteiger partial charge on any atom is -0.481 e. The van der Waals surface area contributed by atoms with Crippen LogP contribution in [0.25, 0.3) is 0 Å². The molecule has 0 aromatic heterocycles. The maximum Gasteiger partial charge on any atom is 0.305 e. The standard InChI is InChI=1S/C16H17ClN2O5S/c17-9-1-2-12-11(5-9)18-16(23)13(25-12)7-14(20)19-3-4-24-8-10(19)6-15(21)22/h1-2,5,10,13H,3-4,6-8H2,(H,18,23)(H,21,22). The van der Waals surface area contributed by atoms with Crippen molar-refractivity contribution in [3.05, 3.63) is 23.2 Å². The number of morpholine rings is 1. The molecule has 1 fully saturated rings. The number of carbonyl (C=O) groups is 3. The van der Waals surface area contributed by atoms with Gasteiger partial charge in [-0.05, 0) is 18.2 Å². The van der Waals surface area contributed by atoms with Gasteiger partial charge in [-0.25, -0.2) is 0 Å². The van der Waals surface area contributed by atoms with Crippen LogP contribution >= 0.6 is 23.4 Å². The molecule has 0 spiro atoms. The zero-order valence-corrected chi connectivity index (χ0v) is 14.8. The molecule has 9 heteroatoms.